The first-order valence-electron chi connectivity index (χ1n) is 8.32. The molecule has 112 valence electrons. The third-order valence-corrected chi connectivity index (χ3v) is 3.33. The molecule has 0 saturated heterocycles. The number of aliphatic hydroxyl groups is 1. The van der Waals surface area contributed by atoms with E-state index in [4.69, 9.17) is 5.11 Å². The van der Waals surface area contributed by atoms with Gasteiger partial charge >= 0.3 is 0 Å². The van der Waals surface area contributed by atoms with Crippen molar-refractivity contribution >= 4 is 0 Å². The van der Waals surface area contributed by atoms with Crippen molar-refractivity contribution in [1.82, 2.24) is 0 Å². The first-order chi connectivity index (χ1) is 9.41. The van der Waals surface area contributed by atoms with E-state index in [0.717, 1.165) is 12.8 Å². The molecule has 0 saturated carbocycles. The first-order valence-corrected chi connectivity index (χ1v) is 8.32. The van der Waals surface area contributed by atoms with Crippen molar-refractivity contribution in [3.8, 4) is 0 Å². The lowest BCUT2D eigenvalue weighted by Crippen LogP contribution is -1.81. The van der Waals surface area contributed by atoms with Crippen LogP contribution in [0.25, 0.3) is 0 Å². The lowest BCUT2D eigenvalue weighted by Gasteiger charge is -1.95. The molecule has 0 aromatic rings. The van der Waals surface area contributed by atoms with Gasteiger partial charge < -0.3 is 5.11 Å². The van der Waals surface area contributed by atoms with Crippen LogP contribution in [0.3, 0.4) is 0 Å². The number of rotatable bonds is 14. The second-order valence-corrected chi connectivity index (χ2v) is 5.30. The van der Waals surface area contributed by atoms with Gasteiger partial charge in [-0.05, 0) is 51.4 Å². The Hall–Kier alpha value is -0.560. The molecule has 0 aromatic carbocycles. The molecule has 19 heavy (non-hydrogen) atoms. The topological polar surface area (TPSA) is 20.2 Å². The second kappa shape index (κ2) is 17.4. The maximum absolute atomic E-state index is 8.65. The summed E-state index contributed by atoms with van der Waals surface area (Å²) in [5.74, 6) is 0. The first kappa shape index (κ1) is 18.4. The summed E-state index contributed by atoms with van der Waals surface area (Å²) in [4.78, 5) is 0. The molecule has 1 heteroatoms. The van der Waals surface area contributed by atoms with E-state index in [2.05, 4.69) is 31.2 Å². The van der Waals surface area contributed by atoms with Crippen LogP contribution in [0.15, 0.2) is 24.3 Å². The monoisotopic (exact) mass is 266 g/mol. The molecule has 0 aliphatic carbocycles. The molecule has 0 aliphatic heterocycles. The van der Waals surface area contributed by atoms with Gasteiger partial charge in [-0.2, -0.15) is 0 Å². The molecule has 0 fully saturated rings. The third-order valence-electron chi connectivity index (χ3n) is 3.33. The molecular weight excluding hydrogens is 232 g/mol. The lowest BCUT2D eigenvalue weighted by atomic mass is 10.1. The van der Waals surface area contributed by atoms with E-state index < -0.39 is 0 Å². The fourth-order valence-electron chi connectivity index (χ4n) is 2.06. The van der Waals surface area contributed by atoms with Gasteiger partial charge in [-0.15, -0.1) is 0 Å². The molecule has 0 unspecified atom stereocenters. The molecule has 0 rings (SSSR count). The number of aliphatic hydroxyl groups excluding tert-OH is 1. The molecule has 1 nitrogen and oxygen atoms in total. The van der Waals surface area contributed by atoms with Crippen molar-refractivity contribution < 1.29 is 5.11 Å². The number of hydrogen-bond acceptors (Lipinski definition) is 1. The van der Waals surface area contributed by atoms with Gasteiger partial charge in [-0.25, -0.2) is 0 Å². The Kier molecular flexibility index (Phi) is 16.9. The summed E-state index contributed by atoms with van der Waals surface area (Å²) in [5, 5.41) is 8.65. The zero-order valence-corrected chi connectivity index (χ0v) is 12.9. The quantitative estimate of drug-likeness (QED) is 0.311. The largest absolute Gasteiger partial charge is 0.396 e. The number of unbranched alkanes of at least 4 members (excludes halogenated alkanes) is 9. The molecule has 0 radical (unpaired) electrons. The van der Waals surface area contributed by atoms with Crippen LogP contribution >= 0.6 is 0 Å². The maximum atomic E-state index is 8.65. The van der Waals surface area contributed by atoms with Crippen LogP contribution in [0.1, 0.15) is 84.0 Å². The highest BCUT2D eigenvalue weighted by atomic mass is 16.2. The Morgan fingerprint density at radius 2 is 1.05 bits per heavy atom. The van der Waals surface area contributed by atoms with Crippen molar-refractivity contribution in [3.05, 3.63) is 24.3 Å². The van der Waals surface area contributed by atoms with Crippen LogP contribution < -0.4 is 0 Å². The van der Waals surface area contributed by atoms with Crippen LogP contribution in [0.2, 0.25) is 0 Å². The Morgan fingerprint density at radius 3 is 1.53 bits per heavy atom. The van der Waals surface area contributed by atoms with Crippen molar-refractivity contribution in [1.29, 1.82) is 0 Å². The fourth-order valence-corrected chi connectivity index (χ4v) is 2.06. The van der Waals surface area contributed by atoms with Gasteiger partial charge in [0.2, 0.25) is 0 Å². The average Bonchev–Trinajstić information content (AvgIpc) is 2.43. The van der Waals surface area contributed by atoms with Gasteiger partial charge in [0.25, 0.3) is 0 Å². The average molecular weight is 266 g/mol. The van der Waals surface area contributed by atoms with Gasteiger partial charge in [0, 0.05) is 6.61 Å². The zero-order valence-electron chi connectivity index (χ0n) is 12.9. The summed E-state index contributed by atoms with van der Waals surface area (Å²) in [5.41, 5.74) is 0. The van der Waals surface area contributed by atoms with Crippen LogP contribution in [-0.4, -0.2) is 11.7 Å². The van der Waals surface area contributed by atoms with Gasteiger partial charge in [-0.3, -0.25) is 0 Å². The standard InChI is InChI=1S/C18H34O/c1-2-3-4-5-6-7-8-9-10-11-12-13-14-15-16-17-18-19/h7-8,12-13,19H,2-6,9-11,14-18H2,1H3. The summed E-state index contributed by atoms with van der Waals surface area (Å²) in [7, 11) is 0. The minimum Gasteiger partial charge on any atom is -0.396 e. The normalized spacial score (nSPS) is 11.9. The summed E-state index contributed by atoms with van der Waals surface area (Å²) in [6.07, 6.45) is 24.3. The smallest absolute Gasteiger partial charge is 0.0431 e. The highest BCUT2D eigenvalue weighted by Gasteiger charge is 1.86. The van der Waals surface area contributed by atoms with Gasteiger partial charge in [0.15, 0.2) is 0 Å². The highest BCUT2D eigenvalue weighted by molar-refractivity contribution is 4.85. The van der Waals surface area contributed by atoms with E-state index in [1.54, 1.807) is 0 Å². The Labute approximate surface area is 120 Å². The van der Waals surface area contributed by atoms with Gasteiger partial charge in [0.05, 0.1) is 0 Å². The molecule has 0 atom stereocenters. The molecular formula is C18H34O. The van der Waals surface area contributed by atoms with Gasteiger partial charge in [-0.1, -0.05) is 56.9 Å². The minimum absolute atomic E-state index is 0.342. The molecule has 0 aromatic heterocycles. The predicted molar refractivity (Wildman–Crippen MR) is 86.4 cm³/mol. The van der Waals surface area contributed by atoms with Crippen LogP contribution in [0.4, 0.5) is 0 Å². The molecule has 0 spiro atoms. The fraction of sp³-hybridized carbons (Fsp3) is 0.778. The Bertz CT molecular complexity index is 184. The minimum atomic E-state index is 0.342. The van der Waals surface area contributed by atoms with E-state index in [1.165, 1.54) is 64.2 Å². The maximum Gasteiger partial charge on any atom is 0.0431 e. The van der Waals surface area contributed by atoms with E-state index in [9.17, 15) is 0 Å². The second-order valence-electron chi connectivity index (χ2n) is 5.30. The van der Waals surface area contributed by atoms with E-state index in [-0.39, 0.29) is 0 Å². The van der Waals surface area contributed by atoms with E-state index >= 15 is 0 Å². The van der Waals surface area contributed by atoms with Crippen molar-refractivity contribution in [2.75, 3.05) is 6.61 Å². The van der Waals surface area contributed by atoms with Crippen LogP contribution in [-0.2, 0) is 0 Å². The van der Waals surface area contributed by atoms with Crippen molar-refractivity contribution in [3.63, 3.8) is 0 Å². The third kappa shape index (κ3) is 17.4. The van der Waals surface area contributed by atoms with E-state index in [1.807, 2.05) is 0 Å². The molecule has 0 aliphatic rings. The Balaban J connectivity index is 3.12. The SMILES string of the molecule is CCCCCCC=CCCCC=CCCCCCO. The Morgan fingerprint density at radius 1 is 0.579 bits per heavy atom. The summed E-state index contributed by atoms with van der Waals surface area (Å²) < 4.78 is 0. The molecule has 1 N–H and O–H groups in total. The number of hydrogen-bond donors (Lipinski definition) is 1. The highest BCUT2D eigenvalue weighted by Crippen LogP contribution is 2.05. The van der Waals surface area contributed by atoms with Crippen LogP contribution in [0.5, 0.6) is 0 Å². The van der Waals surface area contributed by atoms with Crippen molar-refractivity contribution in [2.45, 2.75) is 84.0 Å². The summed E-state index contributed by atoms with van der Waals surface area (Å²) in [6, 6.07) is 0. The van der Waals surface area contributed by atoms with Gasteiger partial charge in [0.1, 0.15) is 0 Å². The predicted octanol–water partition coefficient (Wildman–Crippen LogP) is 5.79. The van der Waals surface area contributed by atoms with Crippen LogP contribution in [0, 0.1) is 0 Å². The number of allylic oxidation sites excluding steroid dienone is 4. The molecule has 0 heterocycles. The lowest BCUT2D eigenvalue weighted by molar-refractivity contribution is 0.283. The molecule has 0 bridgehead atoms. The molecule has 0 amide bonds. The van der Waals surface area contributed by atoms with Crippen molar-refractivity contribution in [2.24, 2.45) is 0 Å². The summed E-state index contributed by atoms with van der Waals surface area (Å²) >= 11 is 0. The van der Waals surface area contributed by atoms with E-state index in [0.29, 0.717) is 6.61 Å². The zero-order chi connectivity index (χ0) is 14.0. The summed E-state index contributed by atoms with van der Waals surface area (Å²) in [6.45, 7) is 2.60.